The molecular formula is C24H29ClN2O4S. The number of sulfone groups is 1. The fraction of sp³-hybridized carbons (Fsp3) is 0.375. The number of carbonyl (C=O) groups excluding carboxylic acids is 1. The number of halogens is 1. The predicted octanol–water partition coefficient (Wildman–Crippen LogP) is 4.83. The summed E-state index contributed by atoms with van der Waals surface area (Å²) in [5.74, 6) is -0.299. The molecule has 32 heavy (non-hydrogen) atoms. The Bertz CT molecular complexity index is 1230. The number of aryl methyl sites for hydroxylation is 2. The van der Waals surface area contributed by atoms with Gasteiger partial charge >= 0.3 is 0 Å². The minimum atomic E-state index is -3.42. The number of amides is 1. The van der Waals surface area contributed by atoms with Gasteiger partial charge in [-0.2, -0.15) is 0 Å². The molecule has 6 nitrogen and oxygen atoms in total. The third kappa shape index (κ3) is 5.34. The van der Waals surface area contributed by atoms with Crippen molar-refractivity contribution < 1.29 is 17.9 Å². The molecule has 1 heterocycles. The highest BCUT2D eigenvalue weighted by Crippen LogP contribution is 2.28. The number of fused-ring (bicyclic) bond motifs is 1. The Balaban J connectivity index is 1.73. The molecule has 8 heteroatoms. The minimum absolute atomic E-state index is 0.0149. The van der Waals surface area contributed by atoms with Gasteiger partial charge < -0.3 is 14.6 Å². The second-order valence-corrected chi connectivity index (χ2v) is 10.8. The van der Waals surface area contributed by atoms with Crippen LogP contribution in [0.5, 0.6) is 0 Å². The molecule has 1 atom stereocenters. The van der Waals surface area contributed by atoms with E-state index in [1.54, 1.807) is 30.3 Å². The van der Waals surface area contributed by atoms with E-state index in [9.17, 15) is 13.2 Å². The topological polar surface area (TPSA) is 77.4 Å². The van der Waals surface area contributed by atoms with Crippen LogP contribution in [-0.2, 0) is 21.6 Å². The van der Waals surface area contributed by atoms with Gasteiger partial charge in [0.1, 0.15) is 5.69 Å². The fourth-order valence-corrected chi connectivity index (χ4v) is 4.99. The van der Waals surface area contributed by atoms with Crippen molar-refractivity contribution >= 4 is 38.2 Å². The van der Waals surface area contributed by atoms with Gasteiger partial charge in [-0.1, -0.05) is 23.7 Å². The highest BCUT2D eigenvalue weighted by Gasteiger charge is 2.19. The van der Waals surface area contributed by atoms with Crippen LogP contribution in [0.15, 0.2) is 47.4 Å². The Morgan fingerprint density at radius 2 is 1.78 bits per heavy atom. The van der Waals surface area contributed by atoms with Crippen LogP contribution in [0.25, 0.3) is 10.9 Å². The number of hydrogen-bond donors (Lipinski definition) is 1. The molecule has 0 aliphatic carbocycles. The summed E-state index contributed by atoms with van der Waals surface area (Å²) < 4.78 is 32.1. The lowest BCUT2D eigenvalue weighted by atomic mass is 10.1. The molecule has 1 aromatic heterocycles. The molecule has 0 radical (unpaired) electrons. The first-order valence-corrected chi connectivity index (χ1v) is 12.5. The summed E-state index contributed by atoms with van der Waals surface area (Å²) in [6.07, 6.45) is -0.0149. The van der Waals surface area contributed by atoms with E-state index in [2.05, 4.69) is 5.32 Å². The maximum atomic E-state index is 12.9. The number of benzene rings is 2. The Kier molecular flexibility index (Phi) is 7.32. The summed E-state index contributed by atoms with van der Waals surface area (Å²) in [7, 11) is -1.59. The molecule has 3 aromatic rings. The van der Waals surface area contributed by atoms with Crippen molar-refractivity contribution in [3.63, 3.8) is 0 Å². The van der Waals surface area contributed by atoms with E-state index in [0.29, 0.717) is 10.7 Å². The molecule has 1 amide bonds. The Morgan fingerprint density at radius 1 is 1.12 bits per heavy atom. The first kappa shape index (κ1) is 24.3. The number of rotatable bonds is 8. The Morgan fingerprint density at radius 3 is 2.41 bits per heavy atom. The summed E-state index contributed by atoms with van der Waals surface area (Å²) in [4.78, 5) is 13.2. The zero-order valence-electron chi connectivity index (χ0n) is 19.0. The number of nitrogens with one attached hydrogen (secondary N) is 1. The number of carbonyl (C=O) groups is 1. The van der Waals surface area contributed by atoms with Gasteiger partial charge in [-0.25, -0.2) is 8.42 Å². The van der Waals surface area contributed by atoms with E-state index in [1.165, 1.54) is 0 Å². The smallest absolute Gasteiger partial charge is 0.268 e. The van der Waals surface area contributed by atoms with Crippen molar-refractivity contribution in [2.75, 3.05) is 12.4 Å². The lowest BCUT2D eigenvalue weighted by molar-refractivity contribution is 0.0911. The Labute approximate surface area is 194 Å². The van der Waals surface area contributed by atoms with Crippen LogP contribution in [-0.4, -0.2) is 37.4 Å². The third-order valence-electron chi connectivity index (χ3n) is 5.38. The van der Waals surface area contributed by atoms with Gasteiger partial charge in [-0.15, -0.1) is 0 Å². The van der Waals surface area contributed by atoms with Crippen molar-refractivity contribution in [2.45, 2.75) is 44.7 Å². The summed E-state index contributed by atoms with van der Waals surface area (Å²) in [5.41, 5.74) is 3.23. The van der Waals surface area contributed by atoms with Crippen LogP contribution in [0.3, 0.4) is 0 Å². The highest BCUT2D eigenvalue weighted by atomic mass is 35.5. The minimum Gasteiger partial charge on any atom is -0.378 e. The van der Waals surface area contributed by atoms with Gasteiger partial charge in [-0.05, 0) is 69.2 Å². The maximum absolute atomic E-state index is 12.9. The summed E-state index contributed by atoms with van der Waals surface area (Å²) in [6.45, 7) is 7.71. The van der Waals surface area contributed by atoms with Crippen LogP contribution in [0.2, 0.25) is 5.02 Å². The average Bonchev–Trinajstić information content (AvgIpc) is 3.04. The van der Waals surface area contributed by atoms with Crippen LogP contribution < -0.4 is 5.32 Å². The quantitative estimate of drug-likeness (QED) is 0.505. The molecule has 0 bridgehead atoms. The van der Waals surface area contributed by atoms with Crippen molar-refractivity contribution in [3.8, 4) is 0 Å². The fourth-order valence-electron chi connectivity index (χ4n) is 3.57. The molecule has 0 aliphatic rings. The molecule has 3 rings (SSSR count). The number of nitrogens with zero attached hydrogens (tertiary/aromatic N) is 1. The van der Waals surface area contributed by atoms with Crippen molar-refractivity contribution in [3.05, 3.63) is 64.3 Å². The summed E-state index contributed by atoms with van der Waals surface area (Å²) in [6, 6.07) is 11.9. The predicted molar refractivity (Wildman–Crippen MR) is 128 cm³/mol. The molecular weight excluding hydrogens is 448 g/mol. The third-order valence-corrected chi connectivity index (χ3v) is 7.39. The van der Waals surface area contributed by atoms with Gasteiger partial charge in [0.2, 0.25) is 0 Å². The number of hydrogen-bond acceptors (Lipinski definition) is 4. The Hall–Kier alpha value is -2.35. The first-order chi connectivity index (χ1) is 15.0. The lowest BCUT2D eigenvalue weighted by Crippen LogP contribution is -2.28. The van der Waals surface area contributed by atoms with E-state index >= 15 is 0 Å². The molecule has 0 aliphatic heterocycles. The monoisotopic (exact) mass is 476 g/mol. The van der Waals surface area contributed by atoms with E-state index in [1.807, 2.05) is 51.4 Å². The number of ether oxygens (including phenoxy) is 1. The van der Waals surface area contributed by atoms with Crippen LogP contribution >= 0.6 is 11.6 Å². The first-order valence-electron chi connectivity index (χ1n) is 10.5. The maximum Gasteiger partial charge on any atom is 0.268 e. The second-order valence-electron chi connectivity index (χ2n) is 8.27. The molecule has 172 valence electrons. The number of aromatic nitrogens is 1. The van der Waals surface area contributed by atoms with Crippen LogP contribution in [0.4, 0.5) is 0 Å². The second kappa shape index (κ2) is 9.65. The molecule has 0 spiro atoms. The highest BCUT2D eigenvalue weighted by molar-refractivity contribution is 7.91. The largest absolute Gasteiger partial charge is 0.378 e. The summed E-state index contributed by atoms with van der Waals surface area (Å²) in [5, 5.41) is 4.42. The van der Waals surface area contributed by atoms with Crippen molar-refractivity contribution in [1.29, 1.82) is 0 Å². The van der Waals surface area contributed by atoms with E-state index in [4.69, 9.17) is 16.3 Å². The van der Waals surface area contributed by atoms with E-state index in [0.717, 1.165) is 22.0 Å². The zero-order valence-corrected chi connectivity index (χ0v) is 20.5. The van der Waals surface area contributed by atoms with Crippen LogP contribution in [0, 0.1) is 6.92 Å². The zero-order chi connectivity index (χ0) is 23.6. The van der Waals surface area contributed by atoms with Crippen LogP contribution in [0.1, 0.15) is 48.4 Å². The molecule has 1 N–H and O–H groups in total. The van der Waals surface area contributed by atoms with Crippen molar-refractivity contribution in [1.82, 2.24) is 9.88 Å². The average molecular weight is 477 g/mol. The molecule has 0 saturated carbocycles. The van der Waals surface area contributed by atoms with Gasteiger partial charge in [0.15, 0.2) is 9.84 Å². The van der Waals surface area contributed by atoms with Gasteiger partial charge in [0.25, 0.3) is 5.91 Å². The standard InChI is InChI=1S/C24H29ClN2O4S/c1-15(2)31-10-11-32(29,30)19-8-6-18(7-9-19)17(4)26-24(28)23-14-20-21(25)12-16(3)13-22(20)27(23)5/h6-9,12-15,17H,10-11H2,1-5H3,(H,26,28)/t17-/m1/s1. The molecule has 0 saturated heterocycles. The molecule has 0 fully saturated rings. The normalized spacial score (nSPS) is 13.0. The SMILES string of the molecule is Cc1cc(Cl)c2cc(C(=O)N[C@H](C)c3ccc(S(=O)(=O)CCOC(C)C)cc3)n(C)c2c1. The molecule has 0 unspecified atom stereocenters. The van der Waals surface area contributed by atoms with Crippen molar-refractivity contribution in [2.24, 2.45) is 7.05 Å². The summed E-state index contributed by atoms with van der Waals surface area (Å²) >= 11 is 6.35. The lowest BCUT2D eigenvalue weighted by Gasteiger charge is -2.15. The van der Waals surface area contributed by atoms with Gasteiger partial charge in [0.05, 0.1) is 39.9 Å². The van der Waals surface area contributed by atoms with Gasteiger partial charge in [0, 0.05) is 12.4 Å². The molecule has 2 aromatic carbocycles. The van der Waals surface area contributed by atoms with E-state index < -0.39 is 9.84 Å². The van der Waals surface area contributed by atoms with Gasteiger partial charge in [-0.3, -0.25) is 4.79 Å². The van der Waals surface area contributed by atoms with E-state index in [-0.39, 0.29) is 35.3 Å².